The molecule has 1 aliphatic rings. The van der Waals surface area contributed by atoms with Gasteiger partial charge in [0.15, 0.2) is 5.11 Å². The molecule has 0 saturated carbocycles. The highest BCUT2D eigenvalue weighted by atomic mass is 32.1. The number of rotatable bonds is 2. The van der Waals surface area contributed by atoms with E-state index in [1.807, 2.05) is 24.3 Å². The van der Waals surface area contributed by atoms with Gasteiger partial charge in [-0.05, 0) is 36.5 Å². The second kappa shape index (κ2) is 6.08. The minimum Gasteiger partial charge on any atom is -0.491 e. The minimum absolute atomic E-state index is 0.128. The molecule has 0 bridgehead atoms. The third kappa shape index (κ3) is 3.56. The van der Waals surface area contributed by atoms with Gasteiger partial charge in [0.05, 0.1) is 11.6 Å². The van der Waals surface area contributed by atoms with Crippen LogP contribution in [0.3, 0.4) is 0 Å². The van der Waals surface area contributed by atoms with E-state index in [0.29, 0.717) is 6.61 Å². The van der Waals surface area contributed by atoms with Crippen LogP contribution in [-0.4, -0.2) is 11.7 Å². The van der Waals surface area contributed by atoms with E-state index < -0.39 is 11.7 Å². The molecule has 0 radical (unpaired) electrons. The van der Waals surface area contributed by atoms with Crippen LogP contribution in [0.4, 0.5) is 18.9 Å². The number of fused-ring (bicyclic) bond motifs is 1. The maximum absolute atomic E-state index is 12.7. The zero-order valence-electron chi connectivity index (χ0n) is 11.9. The van der Waals surface area contributed by atoms with Gasteiger partial charge in [-0.2, -0.15) is 13.2 Å². The molecule has 1 atom stereocenters. The van der Waals surface area contributed by atoms with Gasteiger partial charge < -0.3 is 15.4 Å². The van der Waals surface area contributed by atoms with E-state index in [1.165, 1.54) is 12.1 Å². The van der Waals surface area contributed by atoms with Gasteiger partial charge in [0.2, 0.25) is 0 Å². The highest BCUT2D eigenvalue weighted by Gasteiger charge is 2.30. The first kappa shape index (κ1) is 15.6. The Labute approximate surface area is 136 Å². The molecule has 0 aliphatic carbocycles. The number of nitrogens with one attached hydrogen (secondary N) is 2. The van der Waals surface area contributed by atoms with Crippen LogP contribution in [0, 0.1) is 0 Å². The molecule has 3 nitrogen and oxygen atoms in total. The maximum Gasteiger partial charge on any atom is 0.416 e. The van der Waals surface area contributed by atoms with Crippen molar-refractivity contribution >= 4 is 23.0 Å². The van der Waals surface area contributed by atoms with E-state index in [0.717, 1.165) is 23.4 Å². The van der Waals surface area contributed by atoms with Gasteiger partial charge in [-0.15, -0.1) is 0 Å². The lowest BCUT2D eigenvalue weighted by atomic mass is 10.1. The molecule has 0 amide bonds. The second-order valence-electron chi connectivity index (χ2n) is 5.08. The molecule has 2 N–H and O–H groups in total. The number of hydrogen-bond acceptors (Lipinski definition) is 2. The number of halogens is 3. The summed E-state index contributed by atoms with van der Waals surface area (Å²) in [5, 5.41) is 6.08. The molecule has 0 aromatic heterocycles. The van der Waals surface area contributed by atoms with Crippen LogP contribution in [0.2, 0.25) is 0 Å². The number of alkyl halides is 3. The Kier molecular flexibility index (Phi) is 4.12. The minimum atomic E-state index is -4.38. The van der Waals surface area contributed by atoms with Crippen LogP contribution in [0.25, 0.3) is 0 Å². The molecule has 0 fully saturated rings. The van der Waals surface area contributed by atoms with E-state index >= 15 is 0 Å². The monoisotopic (exact) mass is 338 g/mol. The Balaban J connectivity index is 1.67. The summed E-state index contributed by atoms with van der Waals surface area (Å²) in [7, 11) is 0. The number of thiocarbonyl (C=S) groups is 1. The number of anilines is 1. The van der Waals surface area contributed by atoms with Crippen molar-refractivity contribution in [3.63, 3.8) is 0 Å². The van der Waals surface area contributed by atoms with E-state index in [2.05, 4.69) is 10.6 Å². The van der Waals surface area contributed by atoms with Gasteiger partial charge in [-0.1, -0.05) is 24.3 Å². The zero-order valence-corrected chi connectivity index (χ0v) is 12.7. The highest BCUT2D eigenvalue weighted by molar-refractivity contribution is 7.80. The first-order valence-electron chi connectivity index (χ1n) is 6.90. The molecule has 7 heteroatoms. The summed E-state index contributed by atoms with van der Waals surface area (Å²) in [6.45, 7) is 0.420. The Morgan fingerprint density at radius 2 is 1.91 bits per heavy atom. The molecule has 120 valence electrons. The fourth-order valence-electron chi connectivity index (χ4n) is 2.38. The average Bonchev–Trinajstić information content (AvgIpc) is 2.90. The Bertz CT molecular complexity index is 733. The summed E-state index contributed by atoms with van der Waals surface area (Å²) in [6, 6.07) is 12.3. The lowest BCUT2D eigenvalue weighted by Gasteiger charge is -2.16. The number of ether oxygens (including phenoxy) is 1. The Hall–Kier alpha value is -2.28. The summed E-state index contributed by atoms with van der Waals surface area (Å²) < 4.78 is 43.6. The maximum atomic E-state index is 12.7. The number of para-hydroxylation sites is 1. The largest absolute Gasteiger partial charge is 0.491 e. The predicted octanol–water partition coefficient (Wildman–Crippen LogP) is 4.13. The first-order chi connectivity index (χ1) is 10.9. The zero-order chi connectivity index (χ0) is 16.4. The van der Waals surface area contributed by atoms with Gasteiger partial charge in [0.1, 0.15) is 12.4 Å². The summed E-state index contributed by atoms with van der Waals surface area (Å²) in [5.41, 5.74) is 0.532. The standard InChI is InChI=1S/C16H13F3N2OS/c17-16(18,19)10-4-3-5-11(8-10)20-15(23)21-13-9-22-14-7-2-1-6-12(13)14/h1-8,13H,9H2,(H2,20,21,23)/t13-/m1/s1. The fraction of sp³-hybridized carbons (Fsp3) is 0.188. The summed E-state index contributed by atoms with van der Waals surface area (Å²) in [6.07, 6.45) is -4.38. The van der Waals surface area contributed by atoms with Crippen molar-refractivity contribution in [1.29, 1.82) is 0 Å². The van der Waals surface area contributed by atoms with E-state index in [4.69, 9.17) is 17.0 Å². The molecular formula is C16H13F3N2OS. The van der Waals surface area contributed by atoms with Crippen molar-refractivity contribution in [2.24, 2.45) is 0 Å². The van der Waals surface area contributed by atoms with Crippen LogP contribution in [0.15, 0.2) is 48.5 Å². The van der Waals surface area contributed by atoms with Gasteiger partial charge >= 0.3 is 6.18 Å². The predicted molar refractivity (Wildman–Crippen MR) is 85.5 cm³/mol. The van der Waals surface area contributed by atoms with Gasteiger partial charge in [0, 0.05) is 11.3 Å². The van der Waals surface area contributed by atoms with Crippen LogP contribution < -0.4 is 15.4 Å². The molecule has 2 aromatic carbocycles. The van der Waals surface area contributed by atoms with Gasteiger partial charge in [-0.25, -0.2) is 0 Å². The third-order valence-electron chi connectivity index (χ3n) is 3.45. The average molecular weight is 338 g/mol. The summed E-state index contributed by atoms with van der Waals surface area (Å²) in [5.74, 6) is 0.784. The molecule has 1 heterocycles. The van der Waals surface area contributed by atoms with Crippen molar-refractivity contribution in [1.82, 2.24) is 5.32 Å². The van der Waals surface area contributed by atoms with Gasteiger partial charge in [0.25, 0.3) is 0 Å². The van der Waals surface area contributed by atoms with Crippen molar-refractivity contribution in [3.8, 4) is 5.75 Å². The summed E-state index contributed by atoms with van der Waals surface area (Å²) >= 11 is 5.18. The van der Waals surface area contributed by atoms with Crippen LogP contribution in [-0.2, 0) is 6.18 Å². The summed E-state index contributed by atoms with van der Waals surface area (Å²) in [4.78, 5) is 0. The first-order valence-corrected chi connectivity index (χ1v) is 7.31. The molecule has 0 saturated heterocycles. The Morgan fingerprint density at radius 3 is 2.70 bits per heavy atom. The van der Waals surface area contributed by atoms with Crippen LogP contribution in [0.1, 0.15) is 17.2 Å². The molecule has 2 aromatic rings. The topological polar surface area (TPSA) is 33.3 Å². The molecule has 0 unspecified atom stereocenters. The van der Waals surface area contributed by atoms with E-state index in [9.17, 15) is 13.2 Å². The van der Waals surface area contributed by atoms with Crippen LogP contribution >= 0.6 is 12.2 Å². The second-order valence-corrected chi connectivity index (χ2v) is 5.49. The molecule has 1 aliphatic heterocycles. The lowest BCUT2D eigenvalue weighted by Crippen LogP contribution is -2.33. The third-order valence-corrected chi connectivity index (χ3v) is 3.67. The van der Waals surface area contributed by atoms with E-state index in [1.54, 1.807) is 0 Å². The number of benzene rings is 2. The number of hydrogen-bond donors (Lipinski definition) is 2. The molecule has 23 heavy (non-hydrogen) atoms. The smallest absolute Gasteiger partial charge is 0.416 e. The molecule has 0 spiro atoms. The molecule has 3 rings (SSSR count). The van der Waals surface area contributed by atoms with E-state index in [-0.39, 0.29) is 16.8 Å². The molecular weight excluding hydrogens is 325 g/mol. The van der Waals surface area contributed by atoms with Gasteiger partial charge in [-0.3, -0.25) is 0 Å². The lowest BCUT2D eigenvalue weighted by molar-refractivity contribution is -0.137. The fourth-order valence-corrected chi connectivity index (χ4v) is 2.64. The SMILES string of the molecule is FC(F)(F)c1cccc(NC(=S)N[C@@H]2COc3ccccc32)c1. The van der Waals surface area contributed by atoms with Crippen molar-refractivity contribution in [3.05, 3.63) is 59.7 Å². The van der Waals surface area contributed by atoms with Crippen molar-refractivity contribution in [2.45, 2.75) is 12.2 Å². The van der Waals surface area contributed by atoms with Crippen LogP contribution in [0.5, 0.6) is 5.75 Å². The Morgan fingerprint density at radius 1 is 1.13 bits per heavy atom. The quantitative estimate of drug-likeness (QED) is 0.807. The van der Waals surface area contributed by atoms with Crippen molar-refractivity contribution in [2.75, 3.05) is 11.9 Å². The highest BCUT2D eigenvalue weighted by Crippen LogP contribution is 2.32. The van der Waals surface area contributed by atoms with Crippen molar-refractivity contribution < 1.29 is 17.9 Å². The normalized spacial score (nSPS) is 16.4.